The van der Waals surface area contributed by atoms with E-state index in [1.54, 1.807) is 11.8 Å². The van der Waals surface area contributed by atoms with Gasteiger partial charge < -0.3 is 0 Å². The average molecular weight is 377 g/mol. The molecular weight excluding hydrogens is 366 g/mol. The molecule has 1 unspecified atom stereocenters. The highest BCUT2D eigenvalue weighted by atomic mass is 79.9. The van der Waals surface area contributed by atoms with Crippen LogP contribution in [0, 0.1) is 0 Å². The van der Waals surface area contributed by atoms with Crippen LogP contribution >= 0.6 is 50.6 Å². The normalized spacial score (nSPS) is 21.6. The Morgan fingerprint density at radius 3 is 2.82 bits per heavy atom. The molecule has 0 bridgehead atoms. The average Bonchev–Trinajstić information content (AvgIpc) is 2.61. The van der Waals surface area contributed by atoms with Crippen LogP contribution in [0.1, 0.15) is 12.8 Å². The first kappa shape index (κ1) is 14.1. The molecule has 1 aliphatic rings. The highest BCUT2D eigenvalue weighted by Gasteiger charge is 2.24. The van der Waals surface area contributed by atoms with E-state index >= 15 is 0 Å². The van der Waals surface area contributed by atoms with Crippen LogP contribution in [0.2, 0.25) is 5.02 Å². The van der Waals surface area contributed by atoms with E-state index < -0.39 is 10.0 Å². The minimum Gasteiger partial charge on any atom is -0.207 e. The second kappa shape index (κ2) is 5.79. The van der Waals surface area contributed by atoms with Crippen molar-refractivity contribution >= 4 is 60.7 Å². The topological polar surface area (TPSA) is 46.2 Å². The molecule has 0 saturated carbocycles. The van der Waals surface area contributed by atoms with Crippen molar-refractivity contribution in [2.24, 2.45) is 0 Å². The third kappa shape index (κ3) is 3.61. The van der Waals surface area contributed by atoms with Gasteiger partial charge in [-0.25, -0.2) is 13.1 Å². The SMILES string of the molecule is O=S(=O)(NC1CCCSC1)c1cc(Cl)c(Br)s1. The van der Waals surface area contributed by atoms with Crippen molar-refractivity contribution in [3.8, 4) is 0 Å². The van der Waals surface area contributed by atoms with Crippen molar-refractivity contribution in [2.45, 2.75) is 23.1 Å². The van der Waals surface area contributed by atoms with Crippen molar-refractivity contribution in [3.63, 3.8) is 0 Å². The molecule has 0 aliphatic carbocycles. The highest BCUT2D eigenvalue weighted by Crippen LogP contribution is 2.34. The minimum atomic E-state index is -3.42. The molecule has 96 valence electrons. The fourth-order valence-electron chi connectivity index (χ4n) is 1.57. The quantitative estimate of drug-likeness (QED) is 0.880. The lowest BCUT2D eigenvalue weighted by Gasteiger charge is -2.21. The molecule has 8 heteroatoms. The molecule has 2 heterocycles. The standard InChI is InChI=1S/C9H11BrClNO2S3/c10-9-7(11)4-8(16-9)17(13,14)12-6-2-1-3-15-5-6/h4,6,12H,1-3,5H2. The molecule has 1 saturated heterocycles. The Labute approximate surface area is 122 Å². The lowest BCUT2D eigenvalue weighted by atomic mass is 10.2. The van der Waals surface area contributed by atoms with Crippen molar-refractivity contribution in [3.05, 3.63) is 14.9 Å². The second-order valence-corrected chi connectivity index (χ2v) is 9.59. The summed E-state index contributed by atoms with van der Waals surface area (Å²) in [4.78, 5) is 0. The number of hydrogen-bond donors (Lipinski definition) is 1. The molecule has 0 spiro atoms. The maximum Gasteiger partial charge on any atom is 0.250 e. The van der Waals surface area contributed by atoms with Gasteiger partial charge in [0, 0.05) is 11.8 Å². The maximum atomic E-state index is 12.1. The number of halogens is 2. The number of hydrogen-bond acceptors (Lipinski definition) is 4. The Balaban J connectivity index is 2.12. The molecule has 1 N–H and O–H groups in total. The first-order chi connectivity index (χ1) is 7.99. The summed E-state index contributed by atoms with van der Waals surface area (Å²) in [7, 11) is -3.42. The van der Waals surface area contributed by atoms with Gasteiger partial charge in [-0.2, -0.15) is 11.8 Å². The molecule has 0 amide bonds. The molecule has 1 aromatic rings. The van der Waals surface area contributed by atoms with Crippen molar-refractivity contribution in [1.29, 1.82) is 0 Å². The van der Waals surface area contributed by atoms with Crippen molar-refractivity contribution in [2.75, 3.05) is 11.5 Å². The Hall–Kier alpha value is 0.730. The zero-order valence-corrected chi connectivity index (χ0v) is 13.6. The largest absolute Gasteiger partial charge is 0.250 e. The first-order valence-electron chi connectivity index (χ1n) is 5.04. The lowest BCUT2D eigenvalue weighted by molar-refractivity contribution is 0.545. The van der Waals surface area contributed by atoms with Crippen LogP contribution in [0.5, 0.6) is 0 Å². The maximum absolute atomic E-state index is 12.1. The third-order valence-electron chi connectivity index (χ3n) is 2.37. The number of nitrogens with one attached hydrogen (secondary N) is 1. The number of rotatable bonds is 3. The molecule has 3 nitrogen and oxygen atoms in total. The number of thioether (sulfide) groups is 1. The van der Waals surface area contributed by atoms with E-state index in [1.807, 2.05) is 0 Å². The highest BCUT2D eigenvalue weighted by molar-refractivity contribution is 9.11. The van der Waals surface area contributed by atoms with Gasteiger partial charge >= 0.3 is 0 Å². The molecule has 17 heavy (non-hydrogen) atoms. The number of sulfonamides is 1. The van der Waals surface area contributed by atoms with Crippen LogP contribution in [-0.4, -0.2) is 26.0 Å². The van der Waals surface area contributed by atoms with Crippen molar-refractivity contribution in [1.82, 2.24) is 4.72 Å². The first-order valence-corrected chi connectivity index (χ1v) is 9.66. The molecule has 1 fully saturated rings. The van der Waals surface area contributed by atoms with Gasteiger partial charge in [-0.15, -0.1) is 11.3 Å². The van der Waals surface area contributed by atoms with Crippen LogP contribution in [-0.2, 0) is 10.0 Å². The van der Waals surface area contributed by atoms with Gasteiger partial charge in [0.25, 0.3) is 0 Å². The second-order valence-electron chi connectivity index (χ2n) is 3.72. The lowest BCUT2D eigenvalue weighted by Crippen LogP contribution is -2.37. The van der Waals surface area contributed by atoms with E-state index in [0.717, 1.165) is 35.7 Å². The van der Waals surface area contributed by atoms with E-state index in [0.29, 0.717) is 8.81 Å². The summed E-state index contributed by atoms with van der Waals surface area (Å²) in [6.45, 7) is 0. The van der Waals surface area contributed by atoms with E-state index in [9.17, 15) is 8.42 Å². The van der Waals surface area contributed by atoms with Gasteiger partial charge in [-0.05, 0) is 40.6 Å². The van der Waals surface area contributed by atoms with Gasteiger partial charge in [0.1, 0.15) is 4.21 Å². The van der Waals surface area contributed by atoms with Crippen LogP contribution < -0.4 is 4.72 Å². The summed E-state index contributed by atoms with van der Waals surface area (Å²) < 4.78 is 27.8. The zero-order chi connectivity index (χ0) is 12.5. The Morgan fingerprint density at radius 1 is 1.53 bits per heavy atom. The predicted molar refractivity (Wildman–Crippen MR) is 77.7 cm³/mol. The predicted octanol–water partition coefficient (Wildman–Crippen LogP) is 3.34. The molecule has 1 atom stereocenters. The van der Waals surface area contributed by atoms with E-state index in [-0.39, 0.29) is 10.3 Å². The van der Waals surface area contributed by atoms with Crippen LogP contribution in [0.15, 0.2) is 14.1 Å². The summed E-state index contributed by atoms with van der Waals surface area (Å²) in [5, 5.41) is 0.438. The molecule has 2 rings (SSSR count). The van der Waals surface area contributed by atoms with Gasteiger partial charge in [0.05, 0.1) is 8.81 Å². The Kier molecular flexibility index (Phi) is 4.82. The molecule has 1 aromatic heterocycles. The summed E-state index contributed by atoms with van der Waals surface area (Å²) in [5.74, 6) is 1.97. The van der Waals surface area contributed by atoms with Crippen LogP contribution in [0.4, 0.5) is 0 Å². The Bertz CT molecular complexity index is 477. The fourth-order valence-corrected chi connectivity index (χ4v) is 6.43. The van der Waals surface area contributed by atoms with Gasteiger partial charge in [-0.3, -0.25) is 0 Å². The monoisotopic (exact) mass is 375 g/mol. The summed E-state index contributed by atoms with van der Waals surface area (Å²) in [6, 6.07) is 1.52. The third-order valence-corrected chi connectivity index (χ3v) is 8.05. The summed E-state index contributed by atoms with van der Waals surface area (Å²) >= 11 is 12.0. The van der Waals surface area contributed by atoms with Crippen LogP contribution in [0.3, 0.4) is 0 Å². The molecule has 0 radical (unpaired) electrons. The Morgan fingerprint density at radius 2 is 2.29 bits per heavy atom. The molecular formula is C9H11BrClNO2S3. The van der Waals surface area contributed by atoms with Gasteiger partial charge in [0.15, 0.2) is 0 Å². The fraction of sp³-hybridized carbons (Fsp3) is 0.556. The van der Waals surface area contributed by atoms with Gasteiger partial charge in [-0.1, -0.05) is 11.6 Å². The van der Waals surface area contributed by atoms with E-state index in [1.165, 1.54) is 6.07 Å². The smallest absolute Gasteiger partial charge is 0.207 e. The number of thiophene rings is 1. The summed E-state index contributed by atoms with van der Waals surface area (Å²) in [6.07, 6.45) is 1.97. The molecule has 0 aromatic carbocycles. The van der Waals surface area contributed by atoms with Crippen LogP contribution in [0.25, 0.3) is 0 Å². The van der Waals surface area contributed by atoms with E-state index in [4.69, 9.17) is 11.6 Å². The molecule has 1 aliphatic heterocycles. The minimum absolute atomic E-state index is 0.0402. The van der Waals surface area contributed by atoms with Gasteiger partial charge in [0.2, 0.25) is 10.0 Å². The van der Waals surface area contributed by atoms with E-state index in [2.05, 4.69) is 20.7 Å². The van der Waals surface area contributed by atoms with Crippen molar-refractivity contribution < 1.29 is 8.42 Å². The zero-order valence-electron chi connectivity index (χ0n) is 8.78. The summed E-state index contributed by atoms with van der Waals surface area (Å²) in [5.41, 5.74) is 0.